The molecule has 12 nitrogen and oxygen atoms in total. The minimum Gasteiger partial charge on any atom is -0.497 e. The zero-order valence-electron chi connectivity index (χ0n) is 22.5. The molecule has 0 radical (unpaired) electrons. The molecular weight excluding hydrogens is 560 g/mol. The van der Waals surface area contributed by atoms with Crippen LogP contribution in [-0.2, 0) is 36.1 Å². The minimum atomic E-state index is -3.89. The van der Waals surface area contributed by atoms with E-state index in [1.54, 1.807) is 0 Å². The zero-order valence-corrected chi connectivity index (χ0v) is 24.2. The first kappa shape index (κ1) is 31.5. The fourth-order valence-electron chi connectivity index (χ4n) is 4.39. The van der Waals surface area contributed by atoms with Gasteiger partial charge in [0.25, 0.3) is 0 Å². The second-order valence-electron chi connectivity index (χ2n) is 9.48. The standard InChI is InChI=1S/C26H36N4O8S2/c1-38-21-9-11-22(12-10-21)40(36,37)27-15-14-24(26(32)33)28-23(13-8-20-6-4-3-5-7-20)25(31)29-16-18-30(19-17-29)39(2,34)35/h3-7,9-12,23-24,27-28H,8,13-19H2,1-2H3,(H,32,33)/t23-,24-/m0/s1. The van der Waals surface area contributed by atoms with Gasteiger partial charge in [-0.3, -0.25) is 14.9 Å². The van der Waals surface area contributed by atoms with Crippen LogP contribution in [0.25, 0.3) is 0 Å². The number of rotatable bonds is 14. The largest absolute Gasteiger partial charge is 0.497 e. The normalized spacial score (nSPS) is 16.3. The number of carbonyl (C=O) groups excluding carboxylic acids is 1. The molecule has 1 aliphatic heterocycles. The molecule has 1 aliphatic rings. The lowest BCUT2D eigenvalue weighted by atomic mass is 10.0. The Balaban J connectivity index is 1.67. The van der Waals surface area contributed by atoms with E-state index in [4.69, 9.17) is 4.74 Å². The smallest absolute Gasteiger partial charge is 0.320 e. The van der Waals surface area contributed by atoms with Crippen LogP contribution in [0, 0.1) is 0 Å². The van der Waals surface area contributed by atoms with Gasteiger partial charge in [-0.1, -0.05) is 30.3 Å². The third-order valence-corrected chi connectivity index (χ3v) is 9.46. The lowest BCUT2D eigenvalue weighted by Gasteiger charge is -2.36. The maximum Gasteiger partial charge on any atom is 0.320 e. The minimum absolute atomic E-state index is 0.0114. The number of sulfonamides is 2. The molecule has 1 heterocycles. The average Bonchev–Trinajstić information content (AvgIpc) is 2.94. The number of nitrogens with zero attached hydrogens (tertiary/aromatic N) is 2. The van der Waals surface area contributed by atoms with Gasteiger partial charge in [-0.2, -0.15) is 4.31 Å². The van der Waals surface area contributed by atoms with Crippen LogP contribution >= 0.6 is 0 Å². The molecule has 2 aromatic rings. The first-order valence-corrected chi connectivity index (χ1v) is 16.1. The van der Waals surface area contributed by atoms with Gasteiger partial charge < -0.3 is 14.7 Å². The topological polar surface area (TPSA) is 162 Å². The monoisotopic (exact) mass is 596 g/mol. The van der Waals surface area contributed by atoms with E-state index >= 15 is 0 Å². The van der Waals surface area contributed by atoms with E-state index in [-0.39, 0.29) is 49.9 Å². The summed E-state index contributed by atoms with van der Waals surface area (Å²) < 4.78 is 57.8. The van der Waals surface area contributed by atoms with Gasteiger partial charge in [0.1, 0.15) is 11.8 Å². The fraction of sp³-hybridized carbons (Fsp3) is 0.462. The molecule has 1 saturated heterocycles. The number of hydrogen-bond donors (Lipinski definition) is 3. The predicted octanol–water partition coefficient (Wildman–Crippen LogP) is 0.512. The molecule has 0 spiro atoms. The number of amides is 1. The molecule has 0 saturated carbocycles. The maximum atomic E-state index is 13.5. The molecule has 3 N–H and O–H groups in total. The maximum absolute atomic E-state index is 13.5. The highest BCUT2D eigenvalue weighted by Gasteiger charge is 2.32. The van der Waals surface area contributed by atoms with Gasteiger partial charge in [0.2, 0.25) is 26.0 Å². The van der Waals surface area contributed by atoms with Crippen LogP contribution in [0.1, 0.15) is 18.4 Å². The molecule has 1 fully saturated rings. The van der Waals surface area contributed by atoms with Crippen LogP contribution in [0.3, 0.4) is 0 Å². The summed E-state index contributed by atoms with van der Waals surface area (Å²) in [6, 6.07) is 13.2. The van der Waals surface area contributed by atoms with E-state index < -0.39 is 38.1 Å². The number of benzene rings is 2. The number of aryl methyl sites for hydroxylation is 1. The van der Waals surface area contributed by atoms with Crippen molar-refractivity contribution in [2.45, 2.75) is 36.2 Å². The van der Waals surface area contributed by atoms with Crippen LogP contribution < -0.4 is 14.8 Å². The fourth-order valence-corrected chi connectivity index (χ4v) is 6.27. The lowest BCUT2D eigenvalue weighted by Crippen LogP contribution is -2.57. The van der Waals surface area contributed by atoms with Gasteiger partial charge in [-0.25, -0.2) is 21.6 Å². The molecular formula is C26H36N4O8S2. The highest BCUT2D eigenvalue weighted by Crippen LogP contribution is 2.16. The van der Waals surface area contributed by atoms with E-state index in [1.807, 2.05) is 30.3 Å². The Bertz CT molecular complexity index is 1340. The van der Waals surface area contributed by atoms with Crippen molar-refractivity contribution in [3.63, 3.8) is 0 Å². The number of aliphatic carboxylic acids is 1. The summed E-state index contributed by atoms with van der Waals surface area (Å²) in [5.74, 6) is -1.05. The van der Waals surface area contributed by atoms with Gasteiger partial charge in [0.05, 0.1) is 24.3 Å². The third-order valence-electron chi connectivity index (χ3n) is 6.68. The Hall–Kier alpha value is -3.04. The molecule has 40 heavy (non-hydrogen) atoms. The summed E-state index contributed by atoms with van der Waals surface area (Å²) in [7, 11) is -5.80. The van der Waals surface area contributed by atoms with Crippen molar-refractivity contribution in [1.82, 2.24) is 19.2 Å². The first-order chi connectivity index (χ1) is 18.9. The highest BCUT2D eigenvalue weighted by molar-refractivity contribution is 7.89. The Morgan fingerprint density at radius 3 is 2.10 bits per heavy atom. The van der Waals surface area contributed by atoms with Gasteiger partial charge in [-0.05, 0) is 49.1 Å². The number of piperazine rings is 1. The van der Waals surface area contributed by atoms with Crippen LogP contribution in [0.15, 0.2) is 59.5 Å². The van der Waals surface area contributed by atoms with Crippen LogP contribution in [-0.4, -0.2) is 101 Å². The number of ether oxygens (including phenoxy) is 1. The summed E-state index contributed by atoms with van der Waals surface area (Å²) in [6.07, 6.45) is 1.82. The Morgan fingerprint density at radius 1 is 0.925 bits per heavy atom. The van der Waals surface area contributed by atoms with Crippen LogP contribution in [0.2, 0.25) is 0 Å². The zero-order chi connectivity index (χ0) is 29.3. The summed E-state index contributed by atoms with van der Waals surface area (Å²) in [6.45, 7) is 0.519. The third kappa shape index (κ3) is 8.99. The number of methoxy groups -OCH3 is 1. The molecule has 0 unspecified atom stereocenters. The molecule has 0 aromatic heterocycles. The van der Waals surface area contributed by atoms with Crippen LogP contribution in [0.5, 0.6) is 5.75 Å². The Labute approximate surface area is 235 Å². The first-order valence-electron chi connectivity index (χ1n) is 12.8. The van der Waals surface area contributed by atoms with Crippen molar-refractivity contribution in [3.05, 3.63) is 60.2 Å². The quantitative estimate of drug-likeness (QED) is 0.282. The number of hydrogen-bond acceptors (Lipinski definition) is 8. The average molecular weight is 597 g/mol. The van der Waals surface area contributed by atoms with Crippen molar-refractivity contribution < 1.29 is 36.3 Å². The Kier molecular flexibility index (Phi) is 11.0. The van der Waals surface area contributed by atoms with Gasteiger partial charge in [0.15, 0.2) is 0 Å². The van der Waals surface area contributed by atoms with Crippen molar-refractivity contribution in [1.29, 1.82) is 0 Å². The van der Waals surface area contributed by atoms with E-state index in [2.05, 4.69) is 10.0 Å². The van der Waals surface area contributed by atoms with E-state index in [0.29, 0.717) is 18.6 Å². The lowest BCUT2D eigenvalue weighted by molar-refractivity contribution is -0.141. The van der Waals surface area contributed by atoms with E-state index in [0.717, 1.165) is 11.8 Å². The second-order valence-corrected chi connectivity index (χ2v) is 13.2. The van der Waals surface area contributed by atoms with Crippen molar-refractivity contribution in [2.75, 3.05) is 46.1 Å². The van der Waals surface area contributed by atoms with Crippen molar-refractivity contribution in [3.8, 4) is 5.75 Å². The predicted molar refractivity (Wildman–Crippen MR) is 149 cm³/mol. The van der Waals surface area contributed by atoms with E-state index in [1.165, 1.54) is 40.6 Å². The molecule has 14 heteroatoms. The number of carboxylic acid groups (broad SMARTS) is 1. The highest BCUT2D eigenvalue weighted by atomic mass is 32.2. The Morgan fingerprint density at radius 2 is 1.55 bits per heavy atom. The summed E-state index contributed by atoms with van der Waals surface area (Å²) >= 11 is 0. The molecule has 3 rings (SSSR count). The van der Waals surface area contributed by atoms with Gasteiger partial charge in [-0.15, -0.1) is 0 Å². The number of nitrogens with one attached hydrogen (secondary N) is 2. The molecule has 0 bridgehead atoms. The summed E-state index contributed by atoms with van der Waals surface area (Å²) in [5, 5.41) is 12.8. The number of carboxylic acids is 1. The molecule has 0 aliphatic carbocycles. The molecule has 2 aromatic carbocycles. The SMILES string of the molecule is COc1ccc(S(=O)(=O)NCC[C@H](N[C@@H](CCc2ccccc2)C(=O)N2CCN(S(C)(=O)=O)CC2)C(=O)O)cc1. The number of carbonyl (C=O) groups is 2. The summed E-state index contributed by atoms with van der Waals surface area (Å²) in [5.41, 5.74) is 0.975. The van der Waals surface area contributed by atoms with E-state index in [9.17, 15) is 31.5 Å². The van der Waals surface area contributed by atoms with Crippen LogP contribution in [0.4, 0.5) is 0 Å². The summed E-state index contributed by atoms with van der Waals surface area (Å²) in [4.78, 5) is 27.1. The molecule has 2 atom stereocenters. The van der Waals surface area contributed by atoms with Crippen molar-refractivity contribution >= 4 is 31.9 Å². The van der Waals surface area contributed by atoms with Crippen molar-refractivity contribution in [2.24, 2.45) is 0 Å². The second kappa shape index (κ2) is 14.0. The molecule has 220 valence electrons. The van der Waals surface area contributed by atoms with Gasteiger partial charge >= 0.3 is 5.97 Å². The molecule has 1 amide bonds. The van der Waals surface area contributed by atoms with Gasteiger partial charge in [0, 0.05) is 32.7 Å².